The van der Waals surface area contributed by atoms with Crippen molar-refractivity contribution in [3.05, 3.63) is 28.8 Å². The van der Waals surface area contributed by atoms with Gasteiger partial charge < -0.3 is 5.11 Å². The highest BCUT2D eigenvalue weighted by Gasteiger charge is 2.52. The van der Waals surface area contributed by atoms with Crippen LogP contribution in [0, 0.1) is 31.6 Å². The summed E-state index contributed by atoms with van der Waals surface area (Å²) >= 11 is 0. The first-order chi connectivity index (χ1) is 9.06. The Kier molecular flexibility index (Phi) is 2.35. The third-order valence-corrected chi connectivity index (χ3v) is 6.22. The molecule has 0 atom stereocenters. The molecule has 1 nitrogen and oxygen atoms in total. The van der Waals surface area contributed by atoms with Gasteiger partial charge in [0.05, 0.1) is 0 Å². The number of hydrogen-bond acceptors (Lipinski definition) is 1. The fraction of sp³-hybridized carbons (Fsp3) is 0.667. The molecule has 0 spiro atoms. The van der Waals surface area contributed by atoms with Crippen LogP contribution in [-0.4, -0.2) is 5.11 Å². The molecule has 0 amide bonds. The molecule has 1 aromatic rings. The lowest BCUT2D eigenvalue weighted by Gasteiger charge is -2.57. The van der Waals surface area contributed by atoms with E-state index < -0.39 is 0 Å². The Morgan fingerprint density at radius 3 is 1.89 bits per heavy atom. The molecule has 4 aliphatic carbocycles. The van der Waals surface area contributed by atoms with Crippen LogP contribution in [0.1, 0.15) is 55.2 Å². The van der Waals surface area contributed by atoms with Crippen LogP contribution in [0.15, 0.2) is 12.1 Å². The van der Waals surface area contributed by atoms with Crippen molar-refractivity contribution >= 4 is 0 Å². The minimum absolute atomic E-state index is 0.317. The van der Waals surface area contributed by atoms with Crippen molar-refractivity contribution in [2.24, 2.45) is 17.8 Å². The van der Waals surface area contributed by atoms with Gasteiger partial charge in [-0.3, -0.25) is 0 Å². The molecule has 5 rings (SSSR count). The molecule has 0 heterocycles. The topological polar surface area (TPSA) is 20.2 Å². The molecule has 4 bridgehead atoms. The first-order valence-electron chi connectivity index (χ1n) is 7.86. The Labute approximate surface area is 116 Å². The van der Waals surface area contributed by atoms with Crippen molar-refractivity contribution in [2.75, 3.05) is 0 Å². The summed E-state index contributed by atoms with van der Waals surface area (Å²) in [6.07, 6.45) is 8.37. The van der Waals surface area contributed by atoms with Gasteiger partial charge in [-0.25, -0.2) is 0 Å². The van der Waals surface area contributed by atoms with E-state index in [0.29, 0.717) is 11.2 Å². The number of rotatable bonds is 1. The van der Waals surface area contributed by atoms with Gasteiger partial charge >= 0.3 is 0 Å². The molecule has 4 saturated carbocycles. The summed E-state index contributed by atoms with van der Waals surface area (Å²) in [6.45, 7) is 4.28. The maximum absolute atomic E-state index is 10.5. The van der Waals surface area contributed by atoms with Gasteiger partial charge in [0.2, 0.25) is 0 Å². The van der Waals surface area contributed by atoms with Crippen LogP contribution < -0.4 is 0 Å². The summed E-state index contributed by atoms with van der Waals surface area (Å²) in [5.41, 5.74) is 4.14. The zero-order valence-corrected chi connectivity index (χ0v) is 12.1. The average Bonchev–Trinajstić information content (AvgIpc) is 2.32. The van der Waals surface area contributed by atoms with E-state index in [1.165, 1.54) is 55.2 Å². The lowest BCUT2D eigenvalue weighted by atomic mass is 9.48. The molecule has 4 aliphatic rings. The van der Waals surface area contributed by atoms with E-state index in [1.54, 1.807) is 0 Å². The van der Waals surface area contributed by atoms with E-state index in [0.717, 1.165) is 17.8 Å². The van der Waals surface area contributed by atoms with E-state index in [9.17, 15) is 5.11 Å². The maximum atomic E-state index is 10.5. The van der Waals surface area contributed by atoms with Gasteiger partial charge in [0.25, 0.3) is 0 Å². The van der Waals surface area contributed by atoms with Crippen LogP contribution in [0.4, 0.5) is 0 Å². The first-order valence-corrected chi connectivity index (χ1v) is 7.86. The first kappa shape index (κ1) is 11.8. The molecule has 0 aliphatic heterocycles. The molecule has 0 saturated heterocycles. The second-order valence-electron chi connectivity index (χ2n) is 7.65. The minimum Gasteiger partial charge on any atom is -0.508 e. The number of phenolic OH excluding ortho intramolecular Hbond substituents is 1. The van der Waals surface area contributed by atoms with Crippen LogP contribution in [0.3, 0.4) is 0 Å². The van der Waals surface area contributed by atoms with E-state index in [1.807, 2.05) is 6.07 Å². The van der Waals surface area contributed by atoms with Crippen molar-refractivity contribution in [1.29, 1.82) is 0 Å². The Hall–Kier alpha value is -0.980. The summed E-state index contributed by atoms with van der Waals surface area (Å²) in [5, 5.41) is 10.5. The Morgan fingerprint density at radius 2 is 1.37 bits per heavy atom. The maximum Gasteiger partial charge on any atom is 0.119 e. The summed E-state index contributed by atoms with van der Waals surface area (Å²) in [5.74, 6) is 3.37. The number of benzene rings is 1. The molecule has 0 radical (unpaired) electrons. The highest BCUT2D eigenvalue weighted by molar-refractivity contribution is 5.46. The van der Waals surface area contributed by atoms with Crippen LogP contribution in [0.25, 0.3) is 0 Å². The summed E-state index contributed by atoms with van der Waals surface area (Å²) < 4.78 is 0. The van der Waals surface area contributed by atoms with E-state index in [4.69, 9.17) is 0 Å². The third-order valence-electron chi connectivity index (χ3n) is 6.22. The molecule has 19 heavy (non-hydrogen) atoms. The lowest BCUT2D eigenvalue weighted by Crippen LogP contribution is -2.48. The van der Waals surface area contributed by atoms with Gasteiger partial charge in [-0.2, -0.15) is 0 Å². The van der Waals surface area contributed by atoms with Crippen LogP contribution >= 0.6 is 0 Å². The standard InChI is InChI=1S/C18H24O/c1-11-3-16(17(19)4-12(11)2)18-8-13-5-14(9-18)7-15(6-13)10-18/h3-4,13-15,19H,5-10H2,1-2H3. The van der Waals surface area contributed by atoms with Gasteiger partial charge in [0.15, 0.2) is 0 Å². The Balaban J connectivity index is 1.81. The lowest BCUT2D eigenvalue weighted by molar-refractivity contribution is -0.00616. The predicted octanol–water partition coefficient (Wildman–Crippen LogP) is 4.48. The van der Waals surface area contributed by atoms with E-state index >= 15 is 0 Å². The Bertz CT molecular complexity index is 493. The monoisotopic (exact) mass is 256 g/mol. The molecule has 1 heteroatoms. The third kappa shape index (κ3) is 1.67. The highest BCUT2D eigenvalue weighted by atomic mass is 16.3. The zero-order valence-electron chi connectivity index (χ0n) is 12.1. The van der Waals surface area contributed by atoms with Crippen molar-refractivity contribution in [3.8, 4) is 5.75 Å². The van der Waals surface area contributed by atoms with Gasteiger partial charge in [-0.05, 0) is 92.7 Å². The predicted molar refractivity (Wildman–Crippen MR) is 77.4 cm³/mol. The number of hydrogen-bond donors (Lipinski definition) is 1. The summed E-state index contributed by atoms with van der Waals surface area (Å²) in [7, 11) is 0. The van der Waals surface area contributed by atoms with Crippen LogP contribution in [-0.2, 0) is 5.41 Å². The van der Waals surface area contributed by atoms with Gasteiger partial charge in [-0.15, -0.1) is 0 Å². The number of aromatic hydroxyl groups is 1. The molecule has 1 aromatic carbocycles. The number of aryl methyl sites for hydroxylation is 2. The number of phenols is 1. The smallest absolute Gasteiger partial charge is 0.119 e. The van der Waals surface area contributed by atoms with Crippen LogP contribution in [0.5, 0.6) is 5.75 Å². The van der Waals surface area contributed by atoms with Crippen molar-refractivity contribution in [3.63, 3.8) is 0 Å². The van der Waals surface area contributed by atoms with Crippen molar-refractivity contribution in [1.82, 2.24) is 0 Å². The van der Waals surface area contributed by atoms with Crippen LogP contribution in [0.2, 0.25) is 0 Å². The minimum atomic E-state index is 0.317. The molecule has 1 N–H and O–H groups in total. The normalized spacial score (nSPS) is 39.8. The van der Waals surface area contributed by atoms with Gasteiger partial charge in [0, 0.05) is 5.56 Å². The van der Waals surface area contributed by atoms with Crippen molar-refractivity contribution in [2.45, 2.75) is 57.8 Å². The molecular formula is C18H24O. The second-order valence-corrected chi connectivity index (χ2v) is 7.65. The SMILES string of the molecule is Cc1cc(O)c(C23CC4CC(CC(C4)C2)C3)cc1C. The zero-order chi connectivity index (χ0) is 13.2. The van der Waals surface area contributed by atoms with Gasteiger partial charge in [0.1, 0.15) is 5.75 Å². The quantitative estimate of drug-likeness (QED) is 0.785. The van der Waals surface area contributed by atoms with E-state index in [-0.39, 0.29) is 0 Å². The Morgan fingerprint density at radius 1 is 0.895 bits per heavy atom. The average molecular weight is 256 g/mol. The van der Waals surface area contributed by atoms with E-state index in [2.05, 4.69) is 19.9 Å². The molecule has 0 unspecified atom stereocenters. The molecule has 0 aromatic heterocycles. The van der Waals surface area contributed by atoms with Gasteiger partial charge in [-0.1, -0.05) is 6.07 Å². The fourth-order valence-corrected chi connectivity index (χ4v) is 5.67. The van der Waals surface area contributed by atoms with Crippen molar-refractivity contribution < 1.29 is 5.11 Å². The second kappa shape index (κ2) is 3.77. The molecular weight excluding hydrogens is 232 g/mol. The summed E-state index contributed by atoms with van der Waals surface area (Å²) in [6, 6.07) is 4.28. The highest BCUT2D eigenvalue weighted by Crippen LogP contribution is 2.61. The fourth-order valence-electron chi connectivity index (χ4n) is 5.67. The molecule has 102 valence electrons. The molecule has 4 fully saturated rings. The summed E-state index contributed by atoms with van der Waals surface area (Å²) in [4.78, 5) is 0. The largest absolute Gasteiger partial charge is 0.508 e.